The van der Waals surface area contributed by atoms with Gasteiger partial charge in [-0.1, -0.05) is 32.4 Å². The van der Waals surface area contributed by atoms with Crippen molar-refractivity contribution in [2.75, 3.05) is 17.4 Å². The lowest BCUT2D eigenvalue weighted by atomic mass is 9.92. The zero-order valence-corrected chi connectivity index (χ0v) is 24.2. The minimum absolute atomic E-state index is 0.0882. The van der Waals surface area contributed by atoms with Crippen LogP contribution in [0.1, 0.15) is 75.6 Å². The molecule has 39 heavy (non-hydrogen) atoms. The van der Waals surface area contributed by atoms with Crippen LogP contribution in [0.4, 0.5) is 14.5 Å². The molecule has 210 valence electrons. The van der Waals surface area contributed by atoms with Crippen molar-refractivity contribution in [3.63, 3.8) is 0 Å². The van der Waals surface area contributed by atoms with Gasteiger partial charge in [0.05, 0.1) is 18.0 Å². The molecule has 3 unspecified atom stereocenters. The zero-order valence-electron chi connectivity index (χ0n) is 23.4. The highest BCUT2D eigenvalue weighted by Gasteiger charge is 2.43. The zero-order chi connectivity index (χ0) is 27.4. The van der Waals surface area contributed by atoms with Gasteiger partial charge in [0.15, 0.2) is 0 Å². The Kier molecular flexibility index (Phi) is 9.33. The standard InChI is InChI=1S/C29H35F2N5S.C2H6/c1-19-3-2-4-24(13-19)36(18-23-8-7-22(17-32-23)26-16-27(29(30)31)34-33-26)37-25-9-11-35(12-10-25)28-15-20-5-6-21(28)14-20;1-2/h2-4,7-8,13,17,20-21,25,28-29H,5-6,9-12,14-16,18H2,1H3;1-2H3. The summed E-state index contributed by atoms with van der Waals surface area (Å²) in [4.78, 5) is 7.48. The Morgan fingerprint density at radius 2 is 1.85 bits per heavy atom. The predicted molar refractivity (Wildman–Crippen MR) is 159 cm³/mol. The Balaban J connectivity index is 0.00000151. The molecule has 1 aromatic carbocycles. The molecule has 0 radical (unpaired) electrons. The molecule has 1 saturated heterocycles. The molecule has 3 fully saturated rings. The fourth-order valence-electron chi connectivity index (χ4n) is 6.61. The first-order valence-electron chi connectivity index (χ1n) is 14.6. The van der Waals surface area contributed by atoms with Crippen molar-refractivity contribution in [1.29, 1.82) is 0 Å². The highest BCUT2D eigenvalue weighted by molar-refractivity contribution is 8.01. The van der Waals surface area contributed by atoms with Crippen molar-refractivity contribution in [3.8, 4) is 0 Å². The van der Waals surface area contributed by atoms with Gasteiger partial charge in [-0.2, -0.15) is 10.2 Å². The molecule has 8 heteroatoms. The van der Waals surface area contributed by atoms with Gasteiger partial charge >= 0.3 is 0 Å². The van der Waals surface area contributed by atoms with Crippen LogP contribution in [0.15, 0.2) is 52.8 Å². The Morgan fingerprint density at radius 3 is 2.46 bits per heavy atom. The highest BCUT2D eigenvalue weighted by Crippen LogP contribution is 2.47. The summed E-state index contributed by atoms with van der Waals surface area (Å²) in [6, 6.07) is 13.4. The van der Waals surface area contributed by atoms with Gasteiger partial charge in [0.1, 0.15) is 5.71 Å². The number of piperidine rings is 1. The minimum Gasteiger partial charge on any atom is -0.310 e. The third-order valence-electron chi connectivity index (χ3n) is 8.58. The summed E-state index contributed by atoms with van der Waals surface area (Å²) in [6.45, 7) is 9.24. The summed E-state index contributed by atoms with van der Waals surface area (Å²) in [5.74, 6) is 1.95. The van der Waals surface area contributed by atoms with Gasteiger partial charge in [0.25, 0.3) is 6.43 Å². The molecule has 3 heterocycles. The third kappa shape index (κ3) is 6.71. The number of aromatic nitrogens is 1. The van der Waals surface area contributed by atoms with E-state index >= 15 is 0 Å². The van der Waals surface area contributed by atoms with Crippen molar-refractivity contribution < 1.29 is 8.78 Å². The van der Waals surface area contributed by atoms with E-state index in [1.165, 1.54) is 62.9 Å². The average molecular weight is 554 g/mol. The van der Waals surface area contributed by atoms with Crippen LogP contribution in [0.2, 0.25) is 0 Å². The number of rotatable bonds is 8. The van der Waals surface area contributed by atoms with Crippen LogP contribution < -0.4 is 4.31 Å². The van der Waals surface area contributed by atoms with Crippen LogP contribution in [0, 0.1) is 18.8 Å². The maximum absolute atomic E-state index is 12.9. The molecule has 0 spiro atoms. The number of pyridine rings is 1. The van der Waals surface area contributed by atoms with E-state index in [1.807, 2.05) is 37.9 Å². The lowest BCUT2D eigenvalue weighted by Crippen LogP contribution is -2.45. The summed E-state index contributed by atoms with van der Waals surface area (Å²) < 4.78 is 28.2. The maximum atomic E-state index is 12.9. The molecule has 0 N–H and O–H groups in total. The summed E-state index contributed by atoms with van der Waals surface area (Å²) in [6.07, 6.45) is 7.53. The lowest BCUT2D eigenvalue weighted by molar-refractivity contribution is 0.121. The Morgan fingerprint density at radius 1 is 1.03 bits per heavy atom. The monoisotopic (exact) mass is 553 g/mol. The summed E-state index contributed by atoms with van der Waals surface area (Å²) >= 11 is 1.96. The van der Waals surface area contributed by atoms with E-state index in [1.54, 1.807) is 6.20 Å². The SMILES string of the molecule is CC.Cc1cccc(N(Cc2ccc(C3=NN=C(C(F)F)C3)cn2)SC2CCN(C3CC4CCC3C4)CC2)c1. The van der Waals surface area contributed by atoms with Crippen molar-refractivity contribution in [2.24, 2.45) is 22.0 Å². The maximum Gasteiger partial charge on any atom is 0.278 e. The van der Waals surface area contributed by atoms with Gasteiger partial charge in [-0.3, -0.25) is 4.98 Å². The van der Waals surface area contributed by atoms with Gasteiger partial charge in [0, 0.05) is 35.2 Å². The van der Waals surface area contributed by atoms with Gasteiger partial charge in [-0.25, -0.2) is 8.78 Å². The third-order valence-corrected chi connectivity index (χ3v) is 9.94. The average Bonchev–Trinajstić information content (AvgIpc) is 3.73. The second kappa shape index (κ2) is 12.9. The topological polar surface area (TPSA) is 44.1 Å². The molecule has 2 aliphatic carbocycles. The van der Waals surface area contributed by atoms with Crippen LogP contribution in [-0.4, -0.2) is 52.1 Å². The number of anilines is 1. The number of likely N-dealkylation sites (tertiary alicyclic amines) is 1. The van der Waals surface area contributed by atoms with E-state index in [9.17, 15) is 8.78 Å². The van der Waals surface area contributed by atoms with Crippen molar-refractivity contribution >= 4 is 29.1 Å². The van der Waals surface area contributed by atoms with Crippen LogP contribution in [0.25, 0.3) is 0 Å². The number of halogens is 2. The number of fused-ring (bicyclic) bond motifs is 2. The van der Waals surface area contributed by atoms with Crippen LogP contribution in [-0.2, 0) is 6.54 Å². The predicted octanol–water partition coefficient (Wildman–Crippen LogP) is 7.54. The van der Waals surface area contributed by atoms with E-state index in [0.29, 0.717) is 17.5 Å². The first-order valence-corrected chi connectivity index (χ1v) is 15.5. The van der Waals surface area contributed by atoms with E-state index in [-0.39, 0.29) is 12.1 Å². The van der Waals surface area contributed by atoms with Gasteiger partial charge in [-0.15, -0.1) is 0 Å². The summed E-state index contributed by atoms with van der Waals surface area (Å²) in [5.41, 5.74) is 4.53. The van der Waals surface area contributed by atoms with E-state index in [2.05, 4.69) is 55.6 Å². The van der Waals surface area contributed by atoms with Crippen molar-refractivity contribution in [3.05, 3.63) is 59.4 Å². The molecular weight excluding hydrogens is 512 g/mol. The molecule has 2 aliphatic heterocycles. The van der Waals surface area contributed by atoms with Crippen molar-refractivity contribution in [1.82, 2.24) is 9.88 Å². The molecule has 1 aromatic heterocycles. The van der Waals surface area contributed by atoms with Crippen molar-refractivity contribution in [2.45, 2.75) is 90.0 Å². The molecule has 2 saturated carbocycles. The largest absolute Gasteiger partial charge is 0.310 e. The number of aryl methyl sites for hydroxylation is 1. The second-order valence-corrected chi connectivity index (χ2v) is 12.4. The van der Waals surface area contributed by atoms with Gasteiger partial charge < -0.3 is 9.21 Å². The number of hydrogen-bond acceptors (Lipinski definition) is 6. The number of nitrogens with zero attached hydrogens (tertiary/aromatic N) is 5. The first kappa shape index (κ1) is 28.2. The Labute approximate surface area is 236 Å². The fourth-order valence-corrected chi connectivity index (χ4v) is 7.83. The minimum atomic E-state index is -2.56. The number of alkyl halides is 2. The highest BCUT2D eigenvalue weighted by atomic mass is 32.2. The molecule has 3 atom stereocenters. The van der Waals surface area contributed by atoms with E-state index < -0.39 is 6.43 Å². The number of benzene rings is 1. The molecule has 2 bridgehead atoms. The Bertz CT molecular complexity index is 1160. The fraction of sp³-hybridized carbons (Fsp3) is 0.581. The molecule has 5 nitrogen and oxygen atoms in total. The Hall–Kier alpha value is -2.32. The molecular formula is C31H41F2N5S. The summed E-state index contributed by atoms with van der Waals surface area (Å²) in [5, 5.41) is 8.17. The molecule has 2 aromatic rings. The second-order valence-electron chi connectivity index (χ2n) is 11.1. The van der Waals surface area contributed by atoms with Gasteiger partial charge in [0.2, 0.25) is 0 Å². The quantitative estimate of drug-likeness (QED) is 0.317. The summed E-state index contributed by atoms with van der Waals surface area (Å²) in [7, 11) is 0. The molecule has 4 aliphatic rings. The lowest BCUT2D eigenvalue weighted by Gasteiger charge is -2.40. The van der Waals surface area contributed by atoms with E-state index in [0.717, 1.165) is 29.1 Å². The molecule has 6 rings (SSSR count). The van der Waals surface area contributed by atoms with E-state index in [4.69, 9.17) is 0 Å². The van der Waals surface area contributed by atoms with Crippen LogP contribution in [0.5, 0.6) is 0 Å². The first-order chi connectivity index (χ1) is 19.0. The van der Waals surface area contributed by atoms with Crippen LogP contribution >= 0.6 is 11.9 Å². The van der Waals surface area contributed by atoms with Gasteiger partial charge in [-0.05, 0) is 106 Å². The van der Waals surface area contributed by atoms with Crippen LogP contribution in [0.3, 0.4) is 0 Å². The smallest absolute Gasteiger partial charge is 0.278 e. The molecule has 0 amide bonds. The number of hydrogen-bond donors (Lipinski definition) is 0. The normalized spacial score (nSPS) is 24.9.